The second-order valence-corrected chi connectivity index (χ2v) is 7.64. The summed E-state index contributed by atoms with van der Waals surface area (Å²) >= 11 is 0. The van der Waals surface area contributed by atoms with Gasteiger partial charge in [-0.1, -0.05) is 42.5 Å². The van der Waals surface area contributed by atoms with Gasteiger partial charge in [0.15, 0.2) is 0 Å². The van der Waals surface area contributed by atoms with Crippen molar-refractivity contribution in [1.29, 1.82) is 0 Å². The third-order valence-electron chi connectivity index (χ3n) is 5.85. The highest BCUT2D eigenvalue weighted by molar-refractivity contribution is 5.68. The van der Waals surface area contributed by atoms with Gasteiger partial charge in [-0.05, 0) is 61.4 Å². The summed E-state index contributed by atoms with van der Waals surface area (Å²) in [6.07, 6.45) is 4.91. The minimum Gasteiger partial charge on any atom is -0.381 e. The molecule has 2 aromatic carbocycles. The molecule has 0 spiro atoms. The lowest BCUT2D eigenvalue weighted by Crippen LogP contribution is -2.44. The monoisotopic (exact) mass is 350 g/mol. The molecule has 2 saturated heterocycles. The first kappa shape index (κ1) is 17.6. The van der Waals surface area contributed by atoms with Gasteiger partial charge in [0, 0.05) is 38.0 Å². The lowest BCUT2D eigenvalue weighted by Gasteiger charge is -2.35. The van der Waals surface area contributed by atoms with E-state index in [-0.39, 0.29) is 0 Å². The number of nitrogens with zero attached hydrogens (tertiary/aromatic N) is 1. The van der Waals surface area contributed by atoms with Crippen LogP contribution in [-0.4, -0.2) is 38.9 Å². The Labute approximate surface area is 157 Å². The Balaban J connectivity index is 1.30. The highest BCUT2D eigenvalue weighted by Gasteiger charge is 2.21. The average Bonchev–Trinajstić information content (AvgIpc) is 2.74. The Morgan fingerprint density at radius 1 is 0.846 bits per heavy atom. The van der Waals surface area contributed by atoms with E-state index in [1.54, 1.807) is 0 Å². The van der Waals surface area contributed by atoms with Gasteiger partial charge in [-0.15, -0.1) is 0 Å². The van der Waals surface area contributed by atoms with Gasteiger partial charge in [0.05, 0.1) is 0 Å². The Bertz CT molecular complexity index is 674. The van der Waals surface area contributed by atoms with Crippen LogP contribution in [0.15, 0.2) is 54.6 Å². The molecule has 0 amide bonds. The third kappa shape index (κ3) is 4.46. The molecular formula is C23H30N2O. The number of benzene rings is 2. The summed E-state index contributed by atoms with van der Waals surface area (Å²) in [6.45, 7) is 5.34. The van der Waals surface area contributed by atoms with E-state index in [9.17, 15) is 0 Å². The Hall–Kier alpha value is -1.84. The van der Waals surface area contributed by atoms with Crippen LogP contribution in [0.4, 0.5) is 5.69 Å². The molecule has 2 aromatic rings. The van der Waals surface area contributed by atoms with Crippen LogP contribution < -0.4 is 10.2 Å². The standard InChI is InChI=1S/C23H30N2O/c1-2-5-20(6-3-1)21-7-4-8-23(17-21)25-13-9-22(10-14-25)24-18-19-11-15-26-16-12-19/h1-8,17,19,22,24H,9-16,18H2. The van der Waals surface area contributed by atoms with Gasteiger partial charge in [-0.25, -0.2) is 0 Å². The van der Waals surface area contributed by atoms with Crippen molar-refractivity contribution in [3.8, 4) is 11.1 Å². The third-order valence-corrected chi connectivity index (χ3v) is 5.85. The molecule has 2 heterocycles. The molecule has 3 nitrogen and oxygen atoms in total. The molecule has 26 heavy (non-hydrogen) atoms. The molecule has 4 rings (SSSR count). The van der Waals surface area contributed by atoms with Crippen molar-refractivity contribution in [2.75, 3.05) is 37.7 Å². The quantitative estimate of drug-likeness (QED) is 0.868. The SMILES string of the molecule is c1ccc(-c2cccc(N3CCC(NCC4CCOCC4)CC3)c2)cc1. The summed E-state index contributed by atoms with van der Waals surface area (Å²) in [5.74, 6) is 0.810. The molecule has 138 valence electrons. The van der Waals surface area contributed by atoms with Crippen molar-refractivity contribution in [3.63, 3.8) is 0 Å². The van der Waals surface area contributed by atoms with Crippen molar-refractivity contribution in [2.45, 2.75) is 31.7 Å². The van der Waals surface area contributed by atoms with Gasteiger partial charge in [-0.2, -0.15) is 0 Å². The normalized spacial score (nSPS) is 19.6. The molecule has 0 radical (unpaired) electrons. The molecule has 0 unspecified atom stereocenters. The van der Waals surface area contributed by atoms with Gasteiger partial charge in [0.2, 0.25) is 0 Å². The van der Waals surface area contributed by atoms with E-state index in [0.717, 1.165) is 38.8 Å². The van der Waals surface area contributed by atoms with Gasteiger partial charge in [0.25, 0.3) is 0 Å². The first-order valence-corrected chi connectivity index (χ1v) is 10.1. The Morgan fingerprint density at radius 3 is 2.35 bits per heavy atom. The number of anilines is 1. The number of hydrogen-bond donors (Lipinski definition) is 1. The van der Waals surface area contributed by atoms with Crippen molar-refractivity contribution < 1.29 is 4.74 Å². The highest BCUT2D eigenvalue weighted by atomic mass is 16.5. The maximum Gasteiger partial charge on any atom is 0.0469 e. The highest BCUT2D eigenvalue weighted by Crippen LogP contribution is 2.26. The van der Waals surface area contributed by atoms with Crippen LogP contribution in [0.25, 0.3) is 11.1 Å². The summed E-state index contributed by atoms with van der Waals surface area (Å²) in [5, 5.41) is 3.82. The Morgan fingerprint density at radius 2 is 1.58 bits per heavy atom. The van der Waals surface area contributed by atoms with Crippen LogP contribution in [0.1, 0.15) is 25.7 Å². The maximum atomic E-state index is 5.46. The molecule has 2 fully saturated rings. The Kier molecular flexibility index (Phi) is 5.88. The van der Waals surface area contributed by atoms with Crippen LogP contribution >= 0.6 is 0 Å². The van der Waals surface area contributed by atoms with E-state index < -0.39 is 0 Å². The topological polar surface area (TPSA) is 24.5 Å². The van der Waals surface area contributed by atoms with Crippen LogP contribution in [-0.2, 0) is 4.74 Å². The molecule has 2 aliphatic heterocycles. The number of nitrogens with one attached hydrogen (secondary N) is 1. The molecule has 0 aromatic heterocycles. The van der Waals surface area contributed by atoms with Crippen LogP contribution in [0, 0.1) is 5.92 Å². The zero-order valence-electron chi connectivity index (χ0n) is 15.6. The zero-order chi connectivity index (χ0) is 17.6. The van der Waals surface area contributed by atoms with Gasteiger partial charge in [0.1, 0.15) is 0 Å². The first-order valence-electron chi connectivity index (χ1n) is 10.1. The van der Waals surface area contributed by atoms with E-state index >= 15 is 0 Å². The van der Waals surface area contributed by atoms with E-state index in [1.807, 2.05) is 0 Å². The second-order valence-electron chi connectivity index (χ2n) is 7.64. The fraction of sp³-hybridized carbons (Fsp3) is 0.478. The van der Waals surface area contributed by atoms with E-state index in [1.165, 1.54) is 42.5 Å². The minimum absolute atomic E-state index is 0.673. The molecule has 3 heteroatoms. The number of ether oxygens (including phenoxy) is 1. The van der Waals surface area contributed by atoms with Crippen LogP contribution in [0.3, 0.4) is 0 Å². The minimum atomic E-state index is 0.673. The molecule has 2 aliphatic rings. The smallest absolute Gasteiger partial charge is 0.0469 e. The largest absolute Gasteiger partial charge is 0.381 e. The molecule has 0 aliphatic carbocycles. The molecular weight excluding hydrogens is 320 g/mol. The second kappa shape index (κ2) is 8.70. The van der Waals surface area contributed by atoms with E-state index in [4.69, 9.17) is 4.74 Å². The predicted molar refractivity (Wildman–Crippen MR) is 109 cm³/mol. The van der Waals surface area contributed by atoms with Gasteiger partial charge in [-0.3, -0.25) is 0 Å². The van der Waals surface area contributed by atoms with Gasteiger partial charge < -0.3 is 15.0 Å². The van der Waals surface area contributed by atoms with Crippen LogP contribution in [0.2, 0.25) is 0 Å². The summed E-state index contributed by atoms with van der Waals surface area (Å²) < 4.78 is 5.46. The maximum absolute atomic E-state index is 5.46. The summed E-state index contributed by atoms with van der Waals surface area (Å²) in [5.41, 5.74) is 3.96. The summed E-state index contributed by atoms with van der Waals surface area (Å²) in [7, 11) is 0. The first-order chi connectivity index (χ1) is 12.9. The van der Waals surface area contributed by atoms with E-state index in [0.29, 0.717) is 6.04 Å². The fourth-order valence-electron chi connectivity index (χ4n) is 4.14. The average molecular weight is 351 g/mol. The van der Waals surface area contributed by atoms with Crippen molar-refractivity contribution in [2.24, 2.45) is 5.92 Å². The zero-order valence-corrected chi connectivity index (χ0v) is 15.6. The van der Waals surface area contributed by atoms with Crippen molar-refractivity contribution in [1.82, 2.24) is 5.32 Å². The fourth-order valence-corrected chi connectivity index (χ4v) is 4.14. The predicted octanol–water partition coefficient (Wildman–Crippen LogP) is 4.34. The molecule has 1 N–H and O–H groups in total. The van der Waals surface area contributed by atoms with E-state index in [2.05, 4.69) is 64.8 Å². The van der Waals surface area contributed by atoms with Crippen molar-refractivity contribution >= 4 is 5.69 Å². The molecule has 0 atom stereocenters. The van der Waals surface area contributed by atoms with Crippen LogP contribution in [0.5, 0.6) is 0 Å². The summed E-state index contributed by atoms with van der Waals surface area (Å²) in [4.78, 5) is 2.54. The van der Waals surface area contributed by atoms with Crippen molar-refractivity contribution in [3.05, 3.63) is 54.6 Å². The molecule has 0 saturated carbocycles. The number of piperidine rings is 1. The lowest BCUT2D eigenvalue weighted by atomic mass is 9.98. The molecule has 0 bridgehead atoms. The number of hydrogen-bond acceptors (Lipinski definition) is 3. The van der Waals surface area contributed by atoms with Gasteiger partial charge >= 0.3 is 0 Å². The summed E-state index contributed by atoms with van der Waals surface area (Å²) in [6, 6.07) is 20.3. The number of rotatable bonds is 5. The lowest BCUT2D eigenvalue weighted by molar-refractivity contribution is 0.0651.